The Balaban J connectivity index is 1.92. The summed E-state index contributed by atoms with van der Waals surface area (Å²) in [5.41, 5.74) is 1.20. The highest BCUT2D eigenvalue weighted by Crippen LogP contribution is 2.38. The summed E-state index contributed by atoms with van der Waals surface area (Å²) in [6, 6.07) is 7.23. The Morgan fingerprint density at radius 2 is 1.78 bits per heavy atom. The Labute approximate surface area is 161 Å². The van der Waals surface area contributed by atoms with Gasteiger partial charge in [-0.05, 0) is 30.5 Å². The first-order chi connectivity index (χ1) is 12.9. The third-order valence-electron chi connectivity index (χ3n) is 5.07. The zero-order chi connectivity index (χ0) is 19.9. The Hall–Kier alpha value is -2.57. The van der Waals surface area contributed by atoms with Crippen molar-refractivity contribution >= 4 is 17.8 Å². The molecule has 0 radical (unpaired) electrons. The number of rotatable bonds is 6. The molecule has 0 heterocycles. The maximum atomic E-state index is 12.6. The van der Waals surface area contributed by atoms with Gasteiger partial charge in [-0.25, -0.2) is 4.79 Å². The molecule has 1 aromatic rings. The molecule has 0 saturated heterocycles. The lowest BCUT2D eigenvalue weighted by Crippen LogP contribution is -2.49. The summed E-state index contributed by atoms with van der Waals surface area (Å²) in [6.07, 6.45) is 3.98. The number of esters is 1. The van der Waals surface area contributed by atoms with Crippen molar-refractivity contribution in [2.24, 2.45) is 10.4 Å². The molecule has 0 atom stereocenters. The monoisotopic (exact) mass is 374 g/mol. The fourth-order valence-electron chi connectivity index (χ4n) is 3.53. The average Bonchev–Trinajstić information content (AvgIpc) is 3.17. The predicted molar refractivity (Wildman–Crippen MR) is 106 cm³/mol. The van der Waals surface area contributed by atoms with Crippen LogP contribution in [0.2, 0.25) is 0 Å². The van der Waals surface area contributed by atoms with E-state index in [1.165, 1.54) is 7.11 Å². The predicted octanol–water partition coefficient (Wildman–Crippen LogP) is 1.79. The molecular formula is C20H30N4O3. The van der Waals surface area contributed by atoms with E-state index in [9.17, 15) is 9.59 Å². The molecule has 1 aliphatic rings. The van der Waals surface area contributed by atoms with E-state index in [0.717, 1.165) is 31.2 Å². The third-order valence-corrected chi connectivity index (χ3v) is 5.07. The zero-order valence-corrected chi connectivity index (χ0v) is 16.7. The van der Waals surface area contributed by atoms with E-state index >= 15 is 0 Å². The normalized spacial score (nSPS) is 15.9. The molecule has 1 aliphatic carbocycles. The molecule has 1 amide bonds. The van der Waals surface area contributed by atoms with Gasteiger partial charge in [0.2, 0.25) is 5.91 Å². The first-order valence-corrected chi connectivity index (χ1v) is 9.25. The highest BCUT2D eigenvalue weighted by atomic mass is 16.5. The van der Waals surface area contributed by atoms with E-state index in [0.29, 0.717) is 24.6 Å². The number of amides is 1. The number of hydrogen-bond donors (Lipinski definition) is 2. The van der Waals surface area contributed by atoms with Crippen LogP contribution in [-0.4, -0.2) is 57.5 Å². The minimum Gasteiger partial charge on any atom is -0.465 e. The second-order valence-corrected chi connectivity index (χ2v) is 7.15. The van der Waals surface area contributed by atoms with Gasteiger partial charge in [0.05, 0.1) is 18.1 Å². The molecule has 7 nitrogen and oxygen atoms in total. The molecular weight excluding hydrogens is 344 g/mol. The van der Waals surface area contributed by atoms with Crippen molar-refractivity contribution in [3.63, 3.8) is 0 Å². The minimum absolute atomic E-state index is 0.182. The summed E-state index contributed by atoms with van der Waals surface area (Å²) in [5, 5.41) is 6.57. The molecule has 2 N–H and O–H groups in total. The second-order valence-electron chi connectivity index (χ2n) is 7.15. The van der Waals surface area contributed by atoms with Crippen LogP contribution in [0, 0.1) is 5.41 Å². The van der Waals surface area contributed by atoms with E-state index in [4.69, 9.17) is 4.74 Å². The van der Waals surface area contributed by atoms with Crippen molar-refractivity contribution in [3.8, 4) is 0 Å². The van der Waals surface area contributed by atoms with Crippen LogP contribution >= 0.6 is 0 Å². The SMILES string of the molecule is CN=C(NCc1ccc(C(=O)OC)cc1)NCC1(C(=O)N(C)C)CCCC1. The lowest BCUT2D eigenvalue weighted by atomic mass is 9.84. The van der Waals surface area contributed by atoms with Crippen molar-refractivity contribution in [1.82, 2.24) is 15.5 Å². The summed E-state index contributed by atoms with van der Waals surface area (Å²) in [6.45, 7) is 1.14. The van der Waals surface area contributed by atoms with Crippen LogP contribution in [0.15, 0.2) is 29.3 Å². The summed E-state index contributed by atoms with van der Waals surface area (Å²) in [5.74, 6) is 0.491. The lowest BCUT2D eigenvalue weighted by Gasteiger charge is -2.31. The van der Waals surface area contributed by atoms with Crippen LogP contribution in [-0.2, 0) is 16.1 Å². The van der Waals surface area contributed by atoms with Crippen molar-refractivity contribution in [3.05, 3.63) is 35.4 Å². The molecule has 0 spiro atoms. The van der Waals surface area contributed by atoms with E-state index in [1.54, 1.807) is 24.1 Å². The van der Waals surface area contributed by atoms with Gasteiger partial charge in [0.15, 0.2) is 5.96 Å². The van der Waals surface area contributed by atoms with Gasteiger partial charge >= 0.3 is 5.97 Å². The van der Waals surface area contributed by atoms with Gasteiger partial charge in [0.1, 0.15) is 0 Å². The van der Waals surface area contributed by atoms with Gasteiger partial charge in [-0.1, -0.05) is 25.0 Å². The maximum Gasteiger partial charge on any atom is 0.337 e. The van der Waals surface area contributed by atoms with Crippen molar-refractivity contribution in [2.75, 3.05) is 34.8 Å². The average molecular weight is 374 g/mol. The topological polar surface area (TPSA) is 83.0 Å². The quantitative estimate of drug-likeness (QED) is 0.451. The molecule has 0 aromatic heterocycles. The summed E-state index contributed by atoms with van der Waals surface area (Å²) < 4.78 is 4.70. The number of hydrogen-bond acceptors (Lipinski definition) is 4. The number of benzene rings is 1. The van der Waals surface area contributed by atoms with E-state index in [1.807, 2.05) is 26.2 Å². The molecule has 0 unspecified atom stereocenters. The molecule has 0 aliphatic heterocycles. The fourth-order valence-corrected chi connectivity index (χ4v) is 3.53. The molecule has 1 saturated carbocycles. The smallest absolute Gasteiger partial charge is 0.337 e. The van der Waals surface area contributed by atoms with E-state index < -0.39 is 0 Å². The van der Waals surface area contributed by atoms with Crippen LogP contribution in [0.3, 0.4) is 0 Å². The first kappa shape index (κ1) is 20.7. The molecule has 1 aromatic carbocycles. The number of guanidine groups is 1. The Morgan fingerprint density at radius 3 is 2.30 bits per heavy atom. The standard InChI is InChI=1S/C20H30N4O3/c1-21-19(22-13-15-7-9-16(10-8-15)17(25)27-4)23-14-20(11-5-6-12-20)18(26)24(2)3/h7-10H,5-6,11-14H2,1-4H3,(H2,21,22,23). The van der Waals surface area contributed by atoms with Gasteiger partial charge < -0.3 is 20.3 Å². The number of nitrogens with zero attached hydrogens (tertiary/aromatic N) is 2. The van der Waals surface area contributed by atoms with Crippen LogP contribution in [0.5, 0.6) is 0 Å². The Morgan fingerprint density at radius 1 is 1.15 bits per heavy atom. The summed E-state index contributed by atoms with van der Waals surface area (Å²) in [4.78, 5) is 30.1. The van der Waals surface area contributed by atoms with Crippen molar-refractivity contribution in [2.45, 2.75) is 32.2 Å². The number of aliphatic imine (C=N–C) groups is 1. The van der Waals surface area contributed by atoms with Gasteiger partial charge in [-0.3, -0.25) is 9.79 Å². The number of methoxy groups -OCH3 is 1. The van der Waals surface area contributed by atoms with Crippen LogP contribution in [0.1, 0.15) is 41.6 Å². The second kappa shape index (κ2) is 9.39. The van der Waals surface area contributed by atoms with E-state index in [-0.39, 0.29) is 17.3 Å². The highest BCUT2D eigenvalue weighted by Gasteiger charge is 2.42. The summed E-state index contributed by atoms with van der Waals surface area (Å²) >= 11 is 0. The number of carbonyl (C=O) groups is 2. The Bertz CT molecular complexity index is 677. The number of carbonyl (C=O) groups excluding carboxylic acids is 2. The first-order valence-electron chi connectivity index (χ1n) is 9.25. The molecule has 1 fully saturated rings. The van der Waals surface area contributed by atoms with Gasteiger partial charge in [0.25, 0.3) is 0 Å². The number of nitrogens with one attached hydrogen (secondary N) is 2. The van der Waals surface area contributed by atoms with Gasteiger partial charge in [-0.2, -0.15) is 0 Å². The van der Waals surface area contributed by atoms with Crippen LogP contribution < -0.4 is 10.6 Å². The maximum absolute atomic E-state index is 12.6. The zero-order valence-electron chi connectivity index (χ0n) is 16.7. The van der Waals surface area contributed by atoms with E-state index in [2.05, 4.69) is 15.6 Å². The van der Waals surface area contributed by atoms with Crippen LogP contribution in [0.4, 0.5) is 0 Å². The fraction of sp³-hybridized carbons (Fsp3) is 0.550. The Kier molecular flexibility index (Phi) is 7.21. The lowest BCUT2D eigenvalue weighted by molar-refractivity contribution is -0.138. The summed E-state index contributed by atoms with van der Waals surface area (Å²) in [7, 11) is 6.71. The number of ether oxygens (including phenoxy) is 1. The van der Waals surface area contributed by atoms with Crippen molar-refractivity contribution < 1.29 is 14.3 Å². The third kappa shape index (κ3) is 5.21. The van der Waals surface area contributed by atoms with Gasteiger partial charge in [-0.15, -0.1) is 0 Å². The molecule has 2 rings (SSSR count). The molecule has 0 bridgehead atoms. The molecule has 148 valence electrons. The largest absolute Gasteiger partial charge is 0.465 e. The molecule has 7 heteroatoms. The van der Waals surface area contributed by atoms with Crippen molar-refractivity contribution in [1.29, 1.82) is 0 Å². The highest BCUT2D eigenvalue weighted by molar-refractivity contribution is 5.89. The minimum atomic E-state index is -0.348. The van der Waals surface area contributed by atoms with Crippen LogP contribution in [0.25, 0.3) is 0 Å². The van der Waals surface area contributed by atoms with Gasteiger partial charge in [0, 0.05) is 34.2 Å². The molecule has 27 heavy (non-hydrogen) atoms.